The molecule has 2 heterocycles. The Balaban J connectivity index is 1.46. The molecule has 1 aliphatic rings. The van der Waals surface area contributed by atoms with E-state index in [-0.39, 0.29) is 6.04 Å². The molecule has 6 heteroatoms. The monoisotopic (exact) mass is 536 g/mol. The lowest BCUT2D eigenvalue weighted by Gasteiger charge is -2.25. The van der Waals surface area contributed by atoms with Crippen molar-refractivity contribution in [1.29, 1.82) is 0 Å². The summed E-state index contributed by atoms with van der Waals surface area (Å²) in [6.07, 6.45) is 19.2. The molecule has 0 radical (unpaired) electrons. The molecule has 1 aromatic heterocycles. The van der Waals surface area contributed by atoms with Gasteiger partial charge in [-0.2, -0.15) is 5.10 Å². The molecule has 1 aliphatic heterocycles. The number of fused-ring (bicyclic) bond motifs is 1. The lowest BCUT2D eigenvalue weighted by molar-refractivity contribution is -0.117. The van der Waals surface area contributed by atoms with Crippen LogP contribution < -0.4 is 10.1 Å². The SMILES string of the molecule is CCCc1nn(C)c2c1NC(c1ccccc1OCC)=NC2CCCCCCCCCCCCCCC(C)=O. The van der Waals surface area contributed by atoms with Crippen LogP contribution in [0.1, 0.15) is 140 Å². The van der Waals surface area contributed by atoms with Crippen LogP contribution in [0.2, 0.25) is 0 Å². The summed E-state index contributed by atoms with van der Waals surface area (Å²) in [5.74, 6) is 2.11. The molecular formula is C33H52N4O2. The third kappa shape index (κ3) is 9.81. The van der Waals surface area contributed by atoms with Gasteiger partial charge in [-0.15, -0.1) is 0 Å². The van der Waals surface area contributed by atoms with Crippen molar-refractivity contribution in [2.24, 2.45) is 12.0 Å². The second kappa shape index (κ2) is 17.1. The van der Waals surface area contributed by atoms with Gasteiger partial charge in [0, 0.05) is 13.5 Å². The standard InChI is InChI=1S/C33H52N4O2/c1-5-21-28-31-32(37(4)36-28)29(34-33(35-31)27-23-19-20-25-30(27)39-6-2)24-18-16-14-12-10-8-7-9-11-13-15-17-22-26(3)38/h19-20,23,25,29H,5-18,21-22,24H2,1-4H3,(H,34,35). The molecule has 0 saturated heterocycles. The highest BCUT2D eigenvalue weighted by atomic mass is 16.5. The highest BCUT2D eigenvalue weighted by Gasteiger charge is 2.29. The number of aliphatic imine (C=N–C) groups is 1. The maximum Gasteiger partial charge on any atom is 0.137 e. The van der Waals surface area contributed by atoms with Crippen molar-refractivity contribution < 1.29 is 9.53 Å². The van der Waals surface area contributed by atoms with Crippen molar-refractivity contribution in [3.05, 3.63) is 41.2 Å². The van der Waals surface area contributed by atoms with E-state index in [1.807, 2.05) is 19.1 Å². The summed E-state index contributed by atoms with van der Waals surface area (Å²) in [4.78, 5) is 16.2. The molecule has 6 nitrogen and oxygen atoms in total. The Bertz CT molecular complexity index is 1040. The number of anilines is 1. The third-order valence-electron chi connectivity index (χ3n) is 7.69. The number of aromatic nitrogens is 2. The van der Waals surface area contributed by atoms with Gasteiger partial charge in [0.15, 0.2) is 0 Å². The van der Waals surface area contributed by atoms with Gasteiger partial charge >= 0.3 is 0 Å². The molecule has 1 atom stereocenters. The minimum Gasteiger partial charge on any atom is -0.493 e. The Morgan fingerprint density at radius 1 is 0.923 bits per heavy atom. The van der Waals surface area contributed by atoms with Gasteiger partial charge < -0.3 is 14.8 Å². The molecule has 3 rings (SSSR count). The molecule has 216 valence electrons. The van der Waals surface area contributed by atoms with Crippen LogP contribution in [0.4, 0.5) is 5.69 Å². The van der Waals surface area contributed by atoms with E-state index in [9.17, 15) is 4.79 Å². The Kier molecular flexibility index (Phi) is 13.6. The Hall–Kier alpha value is -2.63. The molecule has 1 N–H and O–H groups in total. The maximum absolute atomic E-state index is 11.0. The quantitative estimate of drug-likeness (QED) is 0.172. The predicted octanol–water partition coefficient (Wildman–Crippen LogP) is 8.74. The predicted molar refractivity (Wildman–Crippen MR) is 163 cm³/mol. The van der Waals surface area contributed by atoms with E-state index in [4.69, 9.17) is 14.8 Å². The number of rotatable bonds is 20. The molecule has 0 aliphatic carbocycles. The lowest BCUT2D eigenvalue weighted by atomic mass is 9.99. The van der Waals surface area contributed by atoms with Crippen LogP contribution >= 0.6 is 0 Å². The number of carbonyl (C=O) groups excluding carboxylic acids is 1. The average molecular weight is 537 g/mol. The first-order valence-electron chi connectivity index (χ1n) is 15.7. The van der Waals surface area contributed by atoms with E-state index in [1.165, 1.54) is 76.3 Å². The van der Waals surface area contributed by atoms with Crippen molar-refractivity contribution in [3.8, 4) is 5.75 Å². The van der Waals surface area contributed by atoms with Gasteiger partial charge in [-0.25, -0.2) is 0 Å². The first kappa shape index (κ1) is 30.9. The Morgan fingerprint density at radius 2 is 1.54 bits per heavy atom. The largest absolute Gasteiger partial charge is 0.493 e. The molecule has 0 amide bonds. The summed E-state index contributed by atoms with van der Waals surface area (Å²) in [6.45, 7) is 6.56. The normalized spacial score (nSPS) is 14.6. The number of para-hydroxylation sites is 1. The zero-order chi connectivity index (χ0) is 27.9. The summed E-state index contributed by atoms with van der Waals surface area (Å²) in [5, 5.41) is 8.52. The maximum atomic E-state index is 11.0. The van der Waals surface area contributed by atoms with E-state index in [2.05, 4.69) is 36.1 Å². The number of aryl methyl sites for hydroxylation is 2. The molecular weight excluding hydrogens is 484 g/mol. The number of ketones is 1. The van der Waals surface area contributed by atoms with Crippen LogP contribution in [0.5, 0.6) is 5.75 Å². The molecule has 1 aromatic carbocycles. The van der Waals surface area contributed by atoms with Gasteiger partial charge in [0.05, 0.1) is 35.3 Å². The minimum atomic E-state index is 0.115. The first-order valence-corrected chi connectivity index (χ1v) is 15.7. The fourth-order valence-corrected chi connectivity index (χ4v) is 5.65. The molecule has 0 fully saturated rings. The van der Waals surface area contributed by atoms with E-state index >= 15 is 0 Å². The average Bonchev–Trinajstić information content (AvgIpc) is 3.24. The minimum absolute atomic E-state index is 0.115. The number of unbranched alkanes of at least 4 members (excludes halogenated alkanes) is 11. The summed E-state index contributed by atoms with van der Waals surface area (Å²) in [6, 6.07) is 8.32. The van der Waals surface area contributed by atoms with Crippen LogP contribution in [0.25, 0.3) is 0 Å². The second-order valence-corrected chi connectivity index (χ2v) is 11.1. The van der Waals surface area contributed by atoms with Crippen LogP contribution in [-0.2, 0) is 18.3 Å². The molecule has 39 heavy (non-hydrogen) atoms. The molecule has 0 saturated carbocycles. The van der Waals surface area contributed by atoms with Crippen LogP contribution in [0.3, 0.4) is 0 Å². The first-order chi connectivity index (χ1) is 19.0. The van der Waals surface area contributed by atoms with E-state index < -0.39 is 0 Å². The summed E-state index contributed by atoms with van der Waals surface area (Å²) in [7, 11) is 2.06. The summed E-state index contributed by atoms with van der Waals surface area (Å²) in [5.41, 5.74) is 4.53. The zero-order valence-electron chi connectivity index (χ0n) is 25.1. The van der Waals surface area contributed by atoms with Gasteiger partial charge in [-0.3, -0.25) is 9.67 Å². The number of Topliss-reactive ketones (excluding diaryl/α,β-unsaturated/α-hetero) is 1. The van der Waals surface area contributed by atoms with Crippen molar-refractivity contribution in [2.45, 2.75) is 130 Å². The number of benzene rings is 1. The summed E-state index contributed by atoms with van der Waals surface area (Å²) < 4.78 is 7.99. The smallest absolute Gasteiger partial charge is 0.137 e. The molecule has 2 aromatic rings. The number of hydrogen-bond donors (Lipinski definition) is 1. The van der Waals surface area contributed by atoms with Crippen molar-refractivity contribution >= 4 is 17.3 Å². The molecule has 0 bridgehead atoms. The van der Waals surface area contributed by atoms with Crippen molar-refractivity contribution in [1.82, 2.24) is 9.78 Å². The number of hydrogen-bond acceptors (Lipinski definition) is 5. The van der Waals surface area contributed by atoms with Crippen molar-refractivity contribution in [3.63, 3.8) is 0 Å². The number of nitrogens with zero attached hydrogens (tertiary/aromatic N) is 3. The second-order valence-electron chi connectivity index (χ2n) is 11.1. The van der Waals surface area contributed by atoms with E-state index in [0.717, 1.165) is 60.6 Å². The third-order valence-corrected chi connectivity index (χ3v) is 7.69. The number of amidine groups is 1. The molecule has 1 unspecified atom stereocenters. The molecule has 0 spiro atoms. The number of nitrogens with one attached hydrogen (secondary N) is 1. The number of ether oxygens (including phenoxy) is 1. The van der Waals surface area contributed by atoms with Crippen LogP contribution in [0, 0.1) is 0 Å². The highest BCUT2D eigenvalue weighted by Crippen LogP contribution is 2.38. The van der Waals surface area contributed by atoms with E-state index in [1.54, 1.807) is 6.92 Å². The van der Waals surface area contributed by atoms with Gasteiger partial charge in [0.1, 0.15) is 17.4 Å². The van der Waals surface area contributed by atoms with Crippen LogP contribution in [-0.4, -0.2) is 28.0 Å². The summed E-state index contributed by atoms with van der Waals surface area (Å²) >= 11 is 0. The fourth-order valence-electron chi connectivity index (χ4n) is 5.65. The zero-order valence-corrected chi connectivity index (χ0v) is 25.1. The van der Waals surface area contributed by atoms with E-state index in [0.29, 0.717) is 12.4 Å². The Morgan fingerprint density at radius 3 is 2.15 bits per heavy atom. The fraction of sp³-hybridized carbons (Fsp3) is 0.667. The van der Waals surface area contributed by atoms with Gasteiger partial charge in [0.2, 0.25) is 0 Å². The van der Waals surface area contributed by atoms with Gasteiger partial charge in [-0.05, 0) is 45.2 Å². The van der Waals surface area contributed by atoms with Crippen molar-refractivity contribution in [2.75, 3.05) is 11.9 Å². The van der Waals surface area contributed by atoms with Crippen LogP contribution in [0.15, 0.2) is 29.3 Å². The van der Waals surface area contributed by atoms with Gasteiger partial charge in [-0.1, -0.05) is 96.1 Å². The number of carbonyl (C=O) groups is 1. The lowest BCUT2D eigenvalue weighted by Crippen LogP contribution is -2.23. The Labute approximate surface area is 237 Å². The highest BCUT2D eigenvalue weighted by molar-refractivity contribution is 6.11. The topological polar surface area (TPSA) is 68.5 Å². The van der Waals surface area contributed by atoms with Gasteiger partial charge in [0.25, 0.3) is 0 Å².